The van der Waals surface area contributed by atoms with Crippen LogP contribution in [0.4, 0.5) is 52.7 Å². The maximum absolute atomic E-state index is 14.0. The summed E-state index contributed by atoms with van der Waals surface area (Å²) in [5, 5.41) is 0. The highest BCUT2D eigenvalue weighted by Gasteiger charge is 2.82. The zero-order valence-corrected chi connectivity index (χ0v) is 15.5. The molecule has 0 N–H and O–H groups in total. The van der Waals surface area contributed by atoms with Gasteiger partial charge in [-0.1, -0.05) is 34.1 Å². The molecule has 0 aliphatic carbocycles. The molecule has 170 valence electrons. The molecule has 12 heteroatoms. The van der Waals surface area contributed by atoms with E-state index in [0.29, 0.717) is 6.42 Å². The van der Waals surface area contributed by atoms with Crippen LogP contribution in [0.3, 0.4) is 0 Å². The van der Waals surface area contributed by atoms with Crippen molar-refractivity contribution in [3.63, 3.8) is 0 Å². The van der Waals surface area contributed by atoms with E-state index in [-0.39, 0.29) is 12.3 Å². The summed E-state index contributed by atoms with van der Waals surface area (Å²) >= 11 is 0. The Morgan fingerprint density at radius 3 is 1.50 bits per heavy atom. The molecular formula is C16H22F12. The summed E-state index contributed by atoms with van der Waals surface area (Å²) in [6, 6.07) is 0. The normalized spacial score (nSPS) is 17.6. The molecule has 2 unspecified atom stereocenters. The molecule has 2 atom stereocenters. The summed E-state index contributed by atoms with van der Waals surface area (Å²) in [4.78, 5) is 0. The van der Waals surface area contributed by atoms with Crippen LogP contribution in [0.25, 0.3) is 0 Å². The summed E-state index contributed by atoms with van der Waals surface area (Å²) in [6.07, 6.45) is -15.4. The summed E-state index contributed by atoms with van der Waals surface area (Å²) in [5.74, 6) is -26.6. The van der Waals surface area contributed by atoms with Crippen molar-refractivity contribution in [3.05, 3.63) is 0 Å². The van der Waals surface area contributed by atoms with E-state index in [1.165, 1.54) is 0 Å². The Morgan fingerprint density at radius 1 is 0.714 bits per heavy atom. The third-order valence-corrected chi connectivity index (χ3v) is 4.37. The van der Waals surface area contributed by atoms with Crippen LogP contribution in [0, 0.1) is 11.3 Å². The van der Waals surface area contributed by atoms with E-state index in [1.54, 1.807) is 13.8 Å². The first-order valence-corrected chi connectivity index (χ1v) is 8.26. The second kappa shape index (κ2) is 8.12. The topological polar surface area (TPSA) is 0 Å². The van der Waals surface area contributed by atoms with Gasteiger partial charge in [-0.15, -0.1) is 0 Å². The molecule has 0 fully saturated rings. The Kier molecular flexibility index (Phi) is 7.88. The molecule has 0 aromatic carbocycles. The van der Waals surface area contributed by atoms with Crippen LogP contribution in [-0.4, -0.2) is 36.0 Å². The van der Waals surface area contributed by atoms with Crippen LogP contribution >= 0.6 is 0 Å². The Labute approximate surface area is 154 Å². The number of hydrogen-bond donors (Lipinski definition) is 0. The van der Waals surface area contributed by atoms with Crippen LogP contribution < -0.4 is 0 Å². The van der Waals surface area contributed by atoms with Crippen LogP contribution in [0.2, 0.25) is 0 Å². The molecule has 0 saturated heterocycles. The highest BCUT2D eigenvalue weighted by Crippen LogP contribution is 2.57. The van der Waals surface area contributed by atoms with E-state index in [1.807, 2.05) is 0 Å². The predicted octanol–water partition coefficient (Wildman–Crippen LogP) is 7.67. The van der Waals surface area contributed by atoms with Gasteiger partial charge in [-0.2, -0.15) is 48.3 Å². The van der Waals surface area contributed by atoms with E-state index in [0.717, 1.165) is 13.8 Å². The first kappa shape index (κ1) is 27.2. The maximum Gasteiger partial charge on any atom is 0.392 e. The van der Waals surface area contributed by atoms with E-state index in [4.69, 9.17) is 0 Å². The van der Waals surface area contributed by atoms with Crippen molar-refractivity contribution >= 4 is 0 Å². The van der Waals surface area contributed by atoms with Gasteiger partial charge in [-0.05, 0) is 17.8 Å². The van der Waals surface area contributed by atoms with Crippen molar-refractivity contribution in [2.45, 2.75) is 89.4 Å². The lowest BCUT2D eigenvalue weighted by atomic mass is 9.76. The molecule has 0 rings (SSSR count). The van der Waals surface area contributed by atoms with Crippen molar-refractivity contribution in [2.75, 3.05) is 0 Å². The predicted molar refractivity (Wildman–Crippen MR) is 77.8 cm³/mol. The Balaban J connectivity index is 5.84. The fourth-order valence-electron chi connectivity index (χ4n) is 2.84. The monoisotopic (exact) mass is 442 g/mol. The second-order valence-electron chi connectivity index (χ2n) is 7.82. The molecule has 0 radical (unpaired) electrons. The summed E-state index contributed by atoms with van der Waals surface area (Å²) < 4.78 is 159. The first-order valence-electron chi connectivity index (χ1n) is 8.26. The van der Waals surface area contributed by atoms with Gasteiger partial charge in [0.2, 0.25) is 0 Å². The Bertz CT molecular complexity index is 506. The minimum Gasteiger partial charge on any atom is -0.240 e. The smallest absolute Gasteiger partial charge is 0.240 e. The molecule has 0 saturated carbocycles. The molecule has 0 aliphatic rings. The number of rotatable bonds is 10. The van der Waals surface area contributed by atoms with Gasteiger partial charge in [0, 0.05) is 6.42 Å². The average molecular weight is 442 g/mol. The van der Waals surface area contributed by atoms with E-state index >= 15 is 0 Å². The van der Waals surface area contributed by atoms with Gasteiger partial charge in [-0.3, -0.25) is 0 Å². The first-order chi connectivity index (χ1) is 12.0. The molecule has 0 amide bonds. The molecule has 0 aromatic heterocycles. The van der Waals surface area contributed by atoms with Crippen molar-refractivity contribution < 1.29 is 52.7 Å². The second-order valence-corrected chi connectivity index (χ2v) is 7.82. The fraction of sp³-hybridized carbons (Fsp3) is 1.00. The van der Waals surface area contributed by atoms with E-state index < -0.39 is 54.3 Å². The van der Waals surface area contributed by atoms with Gasteiger partial charge in [0.15, 0.2) is 6.17 Å². The van der Waals surface area contributed by atoms with Crippen LogP contribution in [0.15, 0.2) is 0 Å². The number of alkyl halides is 12. The lowest BCUT2D eigenvalue weighted by Gasteiger charge is -2.40. The fourth-order valence-corrected chi connectivity index (χ4v) is 2.84. The molecule has 0 nitrogen and oxygen atoms in total. The average Bonchev–Trinajstić information content (AvgIpc) is 2.42. The number of hydrogen-bond acceptors (Lipinski definition) is 0. The molecule has 0 aliphatic heterocycles. The van der Waals surface area contributed by atoms with Crippen molar-refractivity contribution in [2.24, 2.45) is 11.3 Å². The highest BCUT2D eigenvalue weighted by atomic mass is 19.4. The Hall–Kier alpha value is -0.840. The van der Waals surface area contributed by atoms with Gasteiger partial charge in [0.1, 0.15) is 0 Å². The largest absolute Gasteiger partial charge is 0.392 e. The maximum atomic E-state index is 14.0. The van der Waals surface area contributed by atoms with E-state index in [2.05, 4.69) is 0 Å². The third kappa shape index (κ3) is 5.84. The molecule has 0 spiro atoms. The lowest BCUT2D eigenvalue weighted by molar-refractivity contribution is -0.381. The molecular weight excluding hydrogens is 420 g/mol. The van der Waals surface area contributed by atoms with Gasteiger partial charge in [-0.25, -0.2) is 4.39 Å². The SMILES string of the molecule is CCC(C)CC(C)(C)CC(F)(F)C(F)(F)C(F)(F)C(F)(F)C(F)CC(F)(F)F. The van der Waals surface area contributed by atoms with E-state index in [9.17, 15) is 52.7 Å². The summed E-state index contributed by atoms with van der Waals surface area (Å²) in [5.41, 5.74) is -1.70. The van der Waals surface area contributed by atoms with Gasteiger partial charge in [0.05, 0.1) is 6.42 Å². The van der Waals surface area contributed by atoms with Crippen LogP contribution in [0.5, 0.6) is 0 Å². The molecule has 28 heavy (non-hydrogen) atoms. The molecule has 0 aromatic rings. The van der Waals surface area contributed by atoms with Crippen molar-refractivity contribution in [3.8, 4) is 0 Å². The van der Waals surface area contributed by atoms with Crippen LogP contribution in [0.1, 0.15) is 53.4 Å². The van der Waals surface area contributed by atoms with Gasteiger partial charge >= 0.3 is 29.9 Å². The standard InChI is InChI=1S/C16H22F12/c1-5-9(2)6-11(3,4)8-12(18,19)15(25,26)16(27,28)14(23,24)10(17)7-13(20,21)22/h9-10H,5-8H2,1-4H3. The highest BCUT2D eigenvalue weighted by molar-refractivity contribution is 5.07. The summed E-state index contributed by atoms with van der Waals surface area (Å²) in [6.45, 7) is 5.26. The minimum atomic E-state index is -7.07. The zero-order valence-electron chi connectivity index (χ0n) is 15.5. The van der Waals surface area contributed by atoms with Gasteiger partial charge in [0.25, 0.3) is 0 Å². The van der Waals surface area contributed by atoms with Crippen molar-refractivity contribution in [1.82, 2.24) is 0 Å². The lowest BCUT2D eigenvalue weighted by Crippen LogP contribution is -2.65. The zero-order chi connectivity index (χ0) is 23.0. The van der Waals surface area contributed by atoms with Crippen molar-refractivity contribution in [1.29, 1.82) is 0 Å². The van der Waals surface area contributed by atoms with Crippen LogP contribution in [-0.2, 0) is 0 Å². The number of halogens is 12. The van der Waals surface area contributed by atoms with Gasteiger partial charge < -0.3 is 0 Å². The Morgan fingerprint density at radius 2 is 1.14 bits per heavy atom. The molecule has 0 bridgehead atoms. The molecule has 0 heterocycles. The quantitative estimate of drug-likeness (QED) is 0.305. The summed E-state index contributed by atoms with van der Waals surface area (Å²) in [7, 11) is 0. The third-order valence-electron chi connectivity index (χ3n) is 4.37. The minimum absolute atomic E-state index is 0.142.